The first-order chi connectivity index (χ1) is 12.7. The van der Waals surface area contributed by atoms with Crippen molar-refractivity contribution in [2.45, 2.75) is 12.8 Å². The summed E-state index contributed by atoms with van der Waals surface area (Å²) >= 11 is 0. The zero-order valence-corrected chi connectivity index (χ0v) is 14.3. The molecule has 0 spiro atoms. The monoisotopic (exact) mass is 348 g/mol. The highest BCUT2D eigenvalue weighted by molar-refractivity contribution is 5.94. The SMILES string of the molecule is N#Cc1cccc(NC(=O)C2CCCN(C(=O)Nc3ccccc3)C2)c1. The van der Waals surface area contributed by atoms with E-state index in [0.717, 1.165) is 18.5 Å². The summed E-state index contributed by atoms with van der Waals surface area (Å²) in [6, 6.07) is 17.9. The molecule has 2 aromatic rings. The number of hydrogen-bond acceptors (Lipinski definition) is 3. The molecule has 0 bridgehead atoms. The maximum Gasteiger partial charge on any atom is 0.321 e. The van der Waals surface area contributed by atoms with Crippen LogP contribution < -0.4 is 10.6 Å². The van der Waals surface area contributed by atoms with Crippen molar-refractivity contribution < 1.29 is 9.59 Å². The lowest BCUT2D eigenvalue weighted by molar-refractivity contribution is -0.121. The number of para-hydroxylation sites is 1. The van der Waals surface area contributed by atoms with Crippen molar-refractivity contribution in [1.82, 2.24) is 4.90 Å². The second kappa shape index (κ2) is 8.17. The molecule has 2 N–H and O–H groups in total. The fourth-order valence-corrected chi connectivity index (χ4v) is 3.01. The molecular weight excluding hydrogens is 328 g/mol. The quantitative estimate of drug-likeness (QED) is 0.891. The molecule has 2 aromatic carbocycles. The molecule has 6 nitrogen and oxygen atoms in total. The number of rotatable bonds is 3. The Labute approximate surface area is 152 Å². The molecule has 0 aliphatic carbocycles. The molecule has 1 unspecified atom stereocenters. The van der Waals surface area contributed by atoms with Crippen LogP contribution in [0.25, 0.3) is 0 Å². The lowest BCUT2D eigenvalue weighted by atomic mass is 9.97. The highest BCUT2D eigenvalue weighted by Crippen LogP contribution is 2.20. The van der Waals surface area contributed by atoms with Crippen LogP contribution in [0, 0.1) is 17.2 Å². The van der Waals surface area contributed by atoms with Gasteiger partial charge in [-0.2, -0.15) is 5.26 Å². The number of carbonyl (C=O) groups is 2. The van der Waals surface area contributed by atoms with Gasteiger partial charge in [0.05, 0.1) is 17.6 Å². The summed E-state index contributed by atoms with van der Waals surface area (Å²) in [5.74, 6) is -0.395. The van der Waals surface area contributed by atoms with E-state index in [1.165, 1.54) is 0 Å². The third-order valence-corrected chi connectivity index (χ3v) is 4.36. The van der Waals surface area contributed by atoms with Gasteiger partial charge < -0.3 is 15.5 Å². The molecule has 6 heteroatoms. The predicted molar refractivity (Wildman–Crippen MR) is 99.5 cm³/mol. The largest absolute Gasteiger partial charge is 0.326 e. The number of urea groups is 1. The van der Waals surface area contributed by atoms with Gasteiger partial charge in [-0.1, -0.05) is 24.3 Å². The van der Waals surface area contributed by atoms with Crippen LogP contribution in [-0.4, -0.2) is 29.9 Å². The summed E-state index contributed by atoms with van der Waals surface area (Å²) in [4.78, 5) is 26.6. The second-order valence-corrected chi connectivity index (χ2v) is 6.26. The van der Waals surface area contributed by atoms with Crippen LogP contribution in [0.4, 0.5) is 16.2 Å². The zero-order chi connectivity index (χ0) is 18.4. The van der Waals surface area contributed by atoms with Gasteiger partial charge in [0.25, 0.3) is 0 Å². The Kier molecular flexibility index (Phi) is 5.49. The van der Waals surface area contributed by atoms with E-state index in [4.69, 9.17) is 5.26 Å². The van der Waals surface area contributed by atoms with Gasteiger partial charge in [-0.3, -0.25) is 4.79 Å². The zero-order valence-electron chi connectivity index (χ0n) is 14.3. The molecule has 1 aliphatic heterocycles. The number of likely N-dealkylation sites (tertiary alicyclic amines) is 1. The summed E-state index contributed by atoms with van der Waals surface area (Å²) in [5, 5.41) is 14.7. The van der Waals surface area contributed by atoms with Crippen molar-refractivity contribution in [3.05, 3.63) is 60.2 Å². The summed E-state index contributed by atoms with van der Waals surface area (Å²) in [5.41, 5.74) is 1.83. The number of piperidine rings is 1. The van der Waals surface area contributed by atoms with Gasteiger partial charge in [0.15, 0.2) is 0 Å². The van der Waals surface area contributed by atoms with E-state index >= 15 is 0 Å². The number of hydrogen-bond donors (Lipinski definition) is 2. The Balaban J connectivity index is 1.59. The van der Waals surface area contributed by atoms with Gasteiger partial charge in [-0.25, -0.2) is 4.79 Å². The molecule has 3 rings (SSSR count). The first-order valence-corrected chi connectivity index (χ1v) is 8.58. The Hall–Kier alpha value is -3.33. The fraction of sp³-hybridized carbons (Fsp3) is 0.250. The lowest BCUT2D eigenvalue weighted by Gasteiger charge is -2.32. The van der Waals surface area contributed by atoms with E-state index in [0.29, 0.717) is 24.3 Å². The Morgan fingerprint density at radius 3 is 2.58 bits per heavy atom. The van der Waals surface area contributed by atoms with E-state index in [1.807, 2.05) is 30.3 Å². The van der Waals surface area contributed by atoms with E-state index < -0.39 is 0 Å². The van der Waals surface area contributed by atoms with E-state index in [1.54, 1.807) is 29.2 Å². The Morgan fingerprint density at radius 1 is 1.04 bits per heavy atom. The number of anilines is 2. The van der Waals surface area contributed by atoms with Crippen LogP contribution in [0.3, 0.4) is 0 Å². The molecule has 0 saturated carbocycles. The summed E-state index contributed by atoms with van der Waals surface area (Å²) in [6.07, 6.45) is 1.51. The predicted octanol–water partition coefficient (Wildman–Crippen LogP) is 3.44. The third kappa shape index (κ3) is 4.39. The molecule has 3 amide bonds. The van der Waals surface area contributed by atoms with Crippen LogP contribution in [0.15, 0.2) is 54.6 Å². The average Bonchev–Trinajstić information content (AvgIpc) is 2.69. The number of amides is 3. The third-order valence-electron chi connectivity index (χ3n) is 4.36. The summed E-state index contributed by atoms with van der Waals surface area (Å²) in [6.45, 7) is 1.01. The first-order valence-electron chi connectivity index (χ1n) is 8.58. The molecule has 132 valence electrons. The molecule has 0 aromatic heterocycles. The van der Waals surface area contributed by atoms with Crippen LogP contribution in [0.2, 0.25) is 0 Å². The number of benzene rings is 2. The average molecular weight is 348 g/mol. The Bertz CT molecular complexity index is 829. The van der Waals surface area contributed by atoms with Gasteiger partial charge in [0.1, 0.15) is 0 Å². The highest BCUT2D eigenvalue weighted by Gasteiger charge is 2.28. The number of carbonyl (C=O) groups excluding carboxylic acids is 2. The van der Waals surface area contributed by atoms with E-state index in [2.05, 4.69) is 16.7 Å². The number of nitriles is 1. The molecule has 1 heterocycles. The lowest BCUT2D eigenvalue weighted by Crippen LogP contribution is -2.45. The smallest absolute Gasteiger partial charge is 0.321 e. The van der Waals surface area contributed by atoms with Crippen LogP contribution in [0.1, 0.15) is 18.4 Å². The molecule has 1 fully saturated rings. The molecule has 1 aliphatic rings. The summed E-state index contributed by atoms with van der Waals surface area (Å²) in [7, 11) is 0. The van der Waals surface area contributed by atoms with Crippen molar-refractivity contribution in [1.29, 1.82) is 5.26 Å². The normalized spacial score (nSPS) is 16.4. The van der Waals surface area contributed by atoms with E-state index in [-0.39, 0.29) is 17.9 Å². The molecule has 1 saturated heterocycles. The minimum atomic E-state index is -0.268. The van der Waals surface area contributed by atoms with Crippen LogP contribution in [-0.2, 0) is 4.79 Å². The van der Waals surface area contributed by atoms with Crippen molar-refractivity contribution in [2.24, 2.45) is 5.92 Å². The minimum absolute atomic E-state index is 0.127. The molecular formula is C20H20N4O2. The van der Waals surface area contributed by atoms with E-state index in [9.17, 15) is 9.59 Å². The highest BCUT2D eigenvalue weighted by atomic mass is 16.2. The minimum Gasteiger partial charge on any atom is -0.326 e. The first kappa shape index (κ1) is 17.5. The van der Waals surface area contributed by atoms with Crippen molar-refractivity contribution in [2.75, 3.05) is 23.7 Å². The van der Waals surface area contributed by atoms with Gasteiger partial charge in [-0.05, 0) is 43.2 Å². The second-order valence-electron chi connectivity index (χ2n) is 6.26. The van der Waals surface area contributed by atoms with Crippen molar-refractivity contribution in [3.8, 4) is 6.07 Å². The molecule has 1 atom stereocenters. The summed E-state index contributed by atoms with van der Waals surface area (Å²) < 4.78 is 0. The van der Waals surface area contributed by atoms with Gasteiger partial charge >= 0.3 is 6.03 Å². The fourth-order valence-electron chi connectivity index (χ4n) is 3.01. The van der Waals surface area contributed by atoms with Gasteiger partial charge in [-0.15, -0.1) is 0 Å². The topological polar surface area (TPSA) is 85.2 Å². The van der Waals surface area contributed by atoms with Gasteiger partial charge in [0.2, 0.25) is 5.91 Å². The van der Waals surface area contributed by atoms with Crippen molar-refractivity contribution >= 4 is 23.3 Å². The van der Waals surface area contributed by atoms with Crippen LogP contribution in [0.5, 0.6) is 0 Å². The molecule has 26 heavy (non-hydrogen) atoms. The molecule has 0 radical (unpaired) electrons. The number of nitrogens with zero attached hydrogens (tertiary/aromatic N) is 2. The van der Waals surface area contributed by atoms with Crippen LogP contribution >= 0.6 is 0 Å². The standard InChI is InChI=1S/C20H20N4O2/c21-13-15-6-4-10-18(12-15)22-19(25)16-7-5-11-24(14-16)20(26)23-17-8-2-1-3-9-17/h1-4,6,8-10,12,16H,5,7,11,14H2,(H,22,25)(H,23,26). The maximum absolute atomic E-state index is 12.5. The van der Waals surface area contributed by atoms with Gasteiger partial charge in [0, 0.05) is 24.5 Å². The maximum atomic E-state index is 12.5. The number of nitrogens with one attached hydrogen (secondary N) is 2. The van der Waals surface area contributed by atoms with Crippen molar-refractivity contribution in [3.63, 3.8) is 0 Å². The Morgan fingerprint density at radius 2 is 1.81 bits per heavy atom.